The molecule has 28 heavy (non-hydrogen) atoms. The summed E-state index contributed by atoms with van der Waals surface area (Å²) in [6.45, 7) is 5.11. The summed E-state index contributed by atoms with van der Waals surface area (Å²) in [5, 5.41) is 13.7. The number of ether oxygens (including phenoxy) is 1. The van der Waals surface area contributed by atoms with Crippen molar-refractivity contribution >= 4 is 23.6 Å². The van der Waals surface area contributed by atoms with Gasteiger partial charge in [-0.15, -0.1) is 0 Å². The van der Waals surface area contributed by atoms with Crippen molar-refractivity contribution in [3.8, 4) is 5.75 Å². The van der Waals surface area contributed by atoms with Crippen LogP contribution in [0.3, 0.4) is 0 Å². The van der Waals surface area contributed by atoms with Crippen molar-refractivity contribution in [2.45, 2.75) is 32.8 Å². The Hall–Kier alpha value is -2.73. The van der Waals surface area contributed by atoms with Crippen LogP contribution in [0.25, 0.3) is 0 Å². The molecule has 0 atom stereocenters. The molecule has 2 rings (SSSR count). The number of hydrogen-bond donors (Lipinski definition) is 3. The molecule has 7 heteroatoms. The Labute approximate surface area is 169 Å². The third-order valence-corrected chi connectivity index (χ3v) is 4.42. The Morgan fingerprint density at radius 3 is 2.29 bits per heavy atom. The summed E-state index contributed by atoms with van der Waals surface area (Å²) < 4.78 is 5.79. The van der Waals surface area contributed by atoms with Gasteiger partial charge < -0.3 is 20.5 Å². The number of amides is 2. The quantitative estimate of drug-likeness (QED) is 0.552. The van der Waals surface area contributed by atoms with Crippen molar-refractivity contribution in [3.63, 3.8) is 0 Å². The molecule has 0 aliphatic rings. The summed E-state index contributed by atoms with van der Waals surface area (Å²) in [7, 11) is 0. The lowest BCUT2D eigenvalue weighted by atomic mass is 10.0. The Morgan fingerprint density at radius 1 is 1.04 bits per heavy atom. The minimum Gasteiger partial charge on any atom is -0.487 e. The van der Waals surface area contributed by atoms with Crippen LogP contribution in [0.5, 0.6) is 5.75 Å². The zero-order valence-electron chi connectivity index (χ0n) is 16.0. The molecular formula is C21H25ClN2O4. The van der Waals surface area contributed by atoms with E-state index in [2.05, 4.69) is 36.6 Å². The van der Waals surface area contributed by atoms with Gasteiger partial charge in [0.2, 0.25) is 5.91 Å². The first-order valence-corrected chi connectivity index (χ1v) is 9.46. The van der Waals surface area contributed by atoms with E-state index in [4.69, 9.17) is 21.4 Å². The fraction of sp³-hybridized carbons (Fsp3) is 0.333. The maximum atomic E-state index is 11.9. The Bertz CT molecular complexity index is 807. The average molecular weight is 405 g/mol. The molecule has 2 aromatic rings. The van der Waals surface area contributed by atoms with E-state index in [1.54, 1.807) is 18.2 Å². The van der Waals surface area contributed by atoms with Crippen molar-refractivity contribution in [3.05, 3.63) is 64.2 Å². The molecule has 150 valence electrons. The van der Waals surface area contributed by atoms with Crippen LogP contribution in [0.4, 0.5) is 4.79 Å². The Kier molecular flexibility index (Phi) is 8.14. The molecule has 0 aliphatic heterocycles. The van der Waals surface area contributed by atoms with Crippen LogP contribution in [0.15, 0.2) is 42.5 Å². The van der Waals surface area contributed by atoms with Gasteiger partial charge in [0.05, 0.1) is 11.4 Å². The highest BCUT2D eigenvalue weighted by molar-refractivity contribution is 6.32. The van der Waals surface area contributed by atoms with Gasteiger partial charge >= 0.3 is 6.09 Å². The molecule has 0 saturated heterocycles. The van der Waals surface area contributed by atoms with Gasteiger partial charge in [0.15, 0.2) is 0 Å². The van der Waals surface area contributed by atoms with Gasteiger partial charge in [-0.1, -0.05) is 55.8 Å². The van der Waals surface area contributed by atoms with Gasteiger partial charge in [-0.25, -0.2) is 4.79 Å². The molecule has 0 fully saturated rings. The molecule has 0 aromatic heterocycles. The van der Waals surface area contributed by atoms with Crippen LogP contribution in [-0.2, 0) is 17.8 Å². The number of carbonyl (C=O) groups is 2. The zero-order valence-corrected chi connectivity index (χ0v) is 16.8. The standard InChI is InChI=1S/C21H25ClN2O4/c1-14(2)17-6-3-15(4-7-17)13-28-19-8-5-16(11-18(19)22)12-20(25)23-9-10-24-21(26)27/h3-8,11,14,24H,9-10,12-13H2,1-2H3,(H,23,25)(H,26,27). The molecular weight excluding hydrogens is 380 g/mol. The van der Waals surface area contributed by atoms with E-state index >= 15 is 0 Å². The summed E-state index contributed by atoms with van der Waals surface area (Å²) in [6.07, 6.45) is -0.962. The fourth-order valence-electron chi connectivity index (χ4n) is 2.55. The second kappa shape index (κ2) is 10.6. The fourth-order valence-corrected chi connectivity index (χ4v) is 2.81. The highest BCUT2D eigenvalue weighted by atomic mass is 35.5. The zero-order chi connectivity index (χ0) is 20.5. The van der Waals surface area contributed by atoms with Crippen LogP contribution in [0.2, 0.25) is 5.02 Å². The SMILES string of the molecule is CC(C)c1ccc(COc2ccc(CC(=O)NCCNC(=O)O)cc2Cl)cc1. The Morgan fingerprint density at radius 2 is 1.68 bits per heavy atom. The number of benzene rings is 2. The van der Waals surface area contributed by atoms with E-state index in [0.29, 0.717) is 23.3 Å². The summed E-state index contributed by atoms with van der Waals surface area (Å²) in [5.41, 5.74) is 3.09. The predicted octanol–water partition coefficient (Wildman–Crippen LogP) is 3.97. The van der Waals surface area contributed by atoms with Crippen molar-refractivity contribution in [2.75, 3.05) is 13.1 Å². The number of halogens is 1. The molecule has 6 nitrogen and oxygen atoms in total. The van der Waals surface area contributed by atoms with Crippen molar-refractivity contribution < 1.29 is 19.4 Å². The van der Waals surface area contributed by atoms with Crippen LogP contribution in [0.1, 0.15) is 36.5 Å². The lowest BCUT2D eigenvalue weighted by Crippen LogP contribution is -2.34. The van der Waals surface area contributed by atoms with E-state index < -0.39 is 6.09 Å². The maximum absolute atomic E-state index is 11.9. The van der Waals surface area contributed by atoms with E-state index in [9.17, 15) is 9.59 Å². The second-order valence-corrected chi connectivity index (χ2v) is 7.12. The molecule has 0 aliphatic carbocycles. The number of carboxylic acid groups (broad SMARTS) is 1. The molecule has 0 spiro atoms. The smallest absolute Gasteiger partial charge is 0.404 e. The third kappa shape index (κ3) is 7.12. The lowest BCUT2D eigenvalue weighted by Gasteiger charge is -2.11. The minimum atomic E-state index is -1.12. The van der Waals surface area contributed by atoms with Gasteiger partial charge in [-0.2, -0.15) is 0 Å². The topological polar surface area (TPSA) is 87.7 Å². The highest BCUT2D eigenvalue weighted by Gasteiger charge is 2.08. The number of rotatable bonds is 9. The molecule has 0 heterocycles. The first-order chi connectivity index (χ1) is 13.3. The lowest BCUT2D eigenvalue weighted by molar-refractivity contribution is -0.120. The number of carbonyl (C=O) groups excluding carboxylic acids is 1. The first-order valence-electron chi connectivity index (χ1n) is 9.08. The Balaban J connectivity index is 1.84. The molecule has 0 radical (unpaired) electrons. The highest BCUT2D eigenvalue weighted by Crippen LogP contribution is 2.26. The van der Waals surface area contributed by atoms with Crippen LogP contribution in [-0.4, -0.2) is 30.2 Å². The summed E-state index contributed by atoms with van der Waals surface area (Å²) >= 11 is 6.28. The van der Waals surface area contributed by atoms with Crippen molar-refractivity contribution in [1.82, 2.24) is 10.6 Å². The van der Waals surface area contributed by atoms with E-state index in [1.807, 2.05) is 12.1 Å². The third-order valence-electron chi connectivity index (χ3n) is 4.13. The maximum Gasteiger partial charge on any atom is 0.404 e. The van der Waals surface area contributed by atoms with Crippen LogP contribution < -0.4 is 15.4 Å². The average Bonchev–Trinajstić information content (AvgIpc) is 2.65. The largest absolute Gasteiger partial charge is 0.487 e. The summed E-state index contributed by atoms with van der Waals surface area (Å²) in [6, 6.07) is 13.5. The van der Waals surface area contributed by atoms with Crippen LogP contribution in [0, 0.1) is 0 Å². The summed E-state index contributed by atoms with van der Waals surface area (Å²) in [4.78, 5) is 22.2. The molecule has 2 aromatic carbocycles. The monoisotopic (exact) mass is 404 g/mol. The van der Waals surface area contributed by atoms with Crippen molar-refractivity contribution in [1.29, 1.82) is 0 Å². The van der Waals surface area contributed by atoms with Gasteiger partial charge in [0.25, 0.3) is 0 Å². The first kappa shape index (κ1) is 21.6. The predicted molar refractivity (Wildman–Crippen MR) is 109 cm³/mol. The summed E-state index contributed by atoms with van der Waals surface area (Å²) in [5.74, 6) is 0.842. The van der Waals surface area contributed by atoms with Crippen molar-refractivity contribution in [2.24, 2.45) is 0 Å². The second-order valence-electron chi connectivity index (χ2n) is 6.71. The molecule has 2 amide bonds. The van der Waals surface area contributed by atoms with E-state index in [1.165, 1.54) is 5.56 Å². The molecule has 0 saturated carbocycles. The van der Waals surface area contributed by atoms with Gasteiger partial charge in [0, 0.05) is 13.1 Å². The normalized spacial score (nSPS) is 10.6. The molecule has 0 unspecified atom stereocenters. The molecule has 3 N–H and O–H groups in total. The van der Waals surface area contributed by atoms with E-state index in [-0.39, 0.29) is 25.4 Å². The number of hydrogen-bond acceptors (Lipinski definition) is 3. The number of nitrogens with one attached hydrogen (secondary N) is 2. The van der Waals surface area contributed by atoms with Gasteiger partial charge in [-0.3, -0.25) is 4.79 Å². The van der Waals surface area contributed by atoms with Crippen LogP contribution >= 0.6 is 11.6 Å². The molecule has 0 bridgehead atoms. The van der Waals surface area contributed by atoms with Gasteiger partial charge in [0.1, 0.15) is 12.4 Å². The van der Waals surface area contributed by atoms with Gasteiger partial charge in [-0.05, 0) is 34.7 Å². The minimum absolute atomic E-state index is 0.156. The van der Waals surface area contributed by atoms with E-state index in [0.717, 1.165) is 11.1 Å².